The first-order valence-electron chi connectivity index (χ1n) is 1.88. The lowest BCUT2D eigenvalue weighted by molar-refractivity contribution is 0.177. The van der Waals surface area contributed by atoms with Gasteiger partial charge in [-0.25, -0.2) is 8.78 Å². The molecule has 8 heavy (non-hydrogen) atoms. The molecule has 3 N–H and O–H groups in total. The van der Waals surface area contributed by atoms with Gasteiger partial charge >= 0.3 is 0 Å². The molecular weight excluding hydrogens is 134 g/mol. The molecule has 2 nitrogen and oxygen atoms in total. The predicted molar refractivity (Wildman–Crippen MR) is 30.4 cm³/mol. The largest absolute Gasteiger partial charge is 0.379 e. The quantitative estimate of drug-likeness (QED) is 0.442. The molecule has 0 aromatic carbocycles. The van der Waals surface area contributed by atoms with Crippen molar-refractivity contribution in [1.29, 1.82) is 5.41 Å². The summed E-state index contributed by atoms with van der Waals surface area (Å²) in [5.41, 5.74) is 4.75. The van der Waals surface area contributed by atoms with Gasteiger partial charge in [-0.15, -0.1) is 0 Å². The van der Waals surface area contributed by atoms with Gasteiger partial charge in [0.25, 0.3) is 0 Å². The molecule has 0 unspecified atom stereocenters. The summed E-state index contributed by atoms with van der Waals surface area (Å²) < 4.78 is 22.4. The van der Waals surface area contributed by atoms with Crippen molar-refractivity contribution in [3.05, 3.63) is 0 Å². The number of nitrogens with one attached hydrogen (secondary N) is 1. The molecule has 0 radical (unpaired) electrons. The molecule has 0 heterocycles. The van der Waals surface area contributed by atoms with Crippen LogP contribution in [-0.2, 0) is 0 Å². The van der Waals surface area contributed by atoms with Gasteiger partial charge in [0.2, 0.25) is 6.43 Å². The summed E-state index contributed by atoms with van der Waals surface area (Å²) in [6.45, 7) is 0. The highest BCUT2D eigenvalue weighted by atomic mass is 32.2. The van der Waals surface area contributed by atoms with Crippen molar-refractivity contribution in [2.75, 3.05) is 5.75 Å². The Hall–Kier alpha value is -0.320. The number of nitrogens with two attached hydrogens (primary N) is 1. The number of thioether (sulfide) groups is 1. The van der Waals surface area contributed by atoms with Crippen LogP contribution in [-0.4, -0.2) is 17.3 Å². The molecule has 0 rings (SSSR count). The van der Waals surface area contributed by atoms with Crippen molar-refractivity contribution in [2.45, 2.75) is 6.43 Å². The molecule has 0 spiro atoms. The summed E-state index contributed by atoms with van der Waals surface area (Å²) in [7, 11) is 0. The van der Waals surface area contributed by atoms with E-state index in [9.17, 15) is 8.78 Å². The monoisotopic (exact) mass is 140 g/mol. The van der Waals surface area contributed by atoms with Crippen molar-refractivity contribution in [1.82, 2.24) is 0 Å². The van der Waals surface area contributed by atoms with E-state index in [1.807, 2.05) is 0 Å². The van der Waals surface area contributed by atoms with Gasteiger partial charge in [-0.1, -0.05) is 11.8 Å². The Labute approximate surface area is 49.9 Å². The third-order valence-electron chi connectivity index (χ3n) is 0.365. The van der Waals surface area contributed by atoms with E-state index in [0.29, 0.717) is 11.8 Å². The molecule has 0 aliphatic heterocycles. The van der Waals surface area contributed by atoms with E-state index in [-0.39, 0.29) is 10.9 Å². The molecule has 0 aliphatic carbocycles. The Morgan fingerprint density at radius 2 is 2.25 bits per heavy atom. The van der Waals surface area contributed by atoms with Crippen LogP contribution in [0.25, 0.3) is 0 Å². The van der Waals surface area contributed by atoms with E-state index in [1.54, 1.807) is 0 Å². The molecule has 0 saturated carbocycles. The molecule has 0 atom stereocenters. The van der Waals surface area contributed by atoms with Crippen LogP contribution in [0.15, 0.2) is 0 Å². The minimum atomic E-state index is -2.37. The topological polar surface area (TPSA) is 49.9 Å². The summed E-state index contributed by atoms with van der Waals surface area (Å²) in [6.07, 6.45) is -2.37. The third-order valence-corrected chi connectivity index (χ3v) is 1.09. The maximum absolute atomic E-state index is 11.2. The summed E-state index contributed by atoms with van der Waals surface area (Å²) in [4.78, 5) is 0. The van der Waals surface area contributed by atoms with E-state index in [1.165, 1.54) is 0 Å². The molecule has 0 amide bonds. The highest BCUT2D eigenvalue weighted by Crippen LogP contribution is 2.04. The van der Waals surface area contributed by atoms with Crippen molar-refractivity contribution in [2.24, 2.45) is 5.73 Å². The van der Waals surface area contributed by atoms with E-state index in [2.05, 4.69) is 0 Å². The van der Waals surface area contributed by atoms with Crippen LogP contribution < -0.4 is 5.73 Å². The molecule has 0 bridgehead atoms. The maximum Gasteiger partial charge on any atom is 0.248 e. The summed E-state index contributed by atoms with van der Waals surface area (Å²) in [5.74, 6) is -0.380. The van der Waals surface area contributed by atoms with E-state index < -0.39 is 6.43 Å². The fourth-order valence-corrected chi connectivity index (χ4v) is 0.458. The Kier molecular flexibility index (Phi) is 3.51. The third kappa shape index (κ3) is 5.68. The molecule has 5 heteroatoms. The normalized spacial score (nSPS) is 9.88. The number of halogens is 2. The first-order valence-corrected chi connectivity index (χ1v) is 2.86. The van der Waals surface area contributed by atoms with Gasteiger partial charge < -0.3 is 5.73 Å². The zero-order valence-electron chi connectivity index (χ0n) is 4.03. The van der Waals surface area contributed by atoms with Crippen LogP contribution in [0.2, 0.25) is 0 Å². The van der Waals surface area contributed by atoms with E-state index in [4.69, 9.17) is 11.1 Å². The lowest BCUT2D eigenvalue weighted by atomic mass is 10.9. The smallest absolute Gasteiger partial charge is 0.248 e. The van der Waals surface area contributed by atoms with Crippen molar-refractivity contribution in [3.63, 3.8) is 0 Å². The molecule has 0 aliphatic rings. The highest BCUT2D eigenvalue weighted by molar-refractivity contribution is 8.13. The zero-order chi connectivity index (χ0) is 6.57. The van der Waals surface area contributed by atoms with Crippen molar-refractivity contribution >= 4 is 16.9 Å². The van der Waals surface area contributed by atoms with Gasteiger partial charge in [0, 0.05) is 0 Å². The molecule has 48 valence electrons. The van der Waals surface area contributed by atoms with Crippen LogP contribution in [0, 0.1) is 5.41 Å². The lowest BCUT2D eigenvalue weighted by Gasteiger charge is -1.94. The second-order valence-electron chi connectivity index (χ2n) is 1.07. The van der Waals surface area contributed by atoms with Gasteiger partial charge in [-0.3, -0.25) is 5.41 Å². The van der Waals surface area contributed by atoms with Crippen molar-refractivity contribution in [3.8, 4) is 0 Å². The summed E-state index contributed by atoms with van der Waals surface area (Å²) in [6, 6.07) is 0. The molecule has 0 fully saturated rings. The second kappa shape index (κ2) is 3.65. The van der Waals surface area contributed by atoms with E-state index in [0.717, 1.165) is 0 Å². The summed E-state index contributed by atoms with van der Waals surface area (Å²) >= 11 is 0.650. The number of amidine groups is 1. The van der Waals surface area contributed by atoms with Gasteiger partial charge in [-0.2, -0.15) is 0 Å². The maximum atomic E-state index is 11.2. The minimum Gasteiger partial charge on any atom is -0.379 e. The Morgan fingerprint density at radius 1 is 1.75 bits per heavy atom. The fourth-order valence-electron chi connectivity index (χ4n) is 0.153. The van der Waals surface area contributed by atoms with Gasteiger partial charge in [-0.05, 0) is 0 Å². The standard InChI is InChI=1S/C3H6F2N2S/c4-2(5)1-8-3(6)7/h2H,1H2,(H3,6,7). The van der Waals surface area contributed by atoms with Gasteiger partial charge in [0.1, 0.15) is 0 Å². The number of hydrogen-bond donors (Lipinski definition) is 2. The average molecular weight is 140 g/mol. The summed E-state index contributed by atoms with van der Waals surface area (Å²) in [5, 5.41) is 6.24. The van der Waals surface area contributed by atoms with Crippen LogP contribution >= 0.6 is 11.8 Å². The Morgan fingerprint density at radius 3 is 2.38 bits per heavy atom. The predicted octanol–water partition coefficient (Wildman–Crippen LogP) is 0.878. The molecule has 0 saturated heterocycles. The first kappa shape index (κ1) is 7.68. The fraction of sp³-hybridized carbons (Fsp3) is 0.667. The average Bonchev–Trinajstić information content (AvgIpc) is 1.61. The number of hydrogen-bond acceptors (Lipinski definition) is 2. The minimum absolute atomic E-state index is 0.259. The van der Waals surface area contributed by atoms with Crippen molar-refractivity contribution < 1.29 is 8.78 Å². The van der Waals surface area contributed by atoms with Gasteiger partial charge in [0.05, 0.1) is 5.75 Å². The molecule has 0 aromatic heterocycles. The van der Waals surface area contributed by atoms with Gasteiger partial charge in [0.15, 0.2) is 5.17 Å². The highest BCUT2D eigenvalue weighted by Gasteiger charge is 2.01. The van der Waals surface area contributed by atoms with E-state index >= 15 is 0 Å². The van der Waals surface area contributed by atoms with Crippen LogP contribution in [0.5, 0.6) is 0 Å². The Balaban J connectivity index is 3.05. The molecule has 0 aromatic rings. The SMILES string of the molecule is N=C(N)SCC(F)F. The zero-order valence-corrected chi connectivity index (χ0v) is 4.84. The second-order valence-corrected chi connectivity index (χ2v) is 2.13. The van der Waals surface area contributed by atoms with Crippen LogP contribution in [0.4, 0.5) is 8.78 Å². The molecular formula is C3H6F2N2S. The first-order chi connectivity index (χ1) is 3.63. The lowest BCUT2D eigenvalue weighted by Crippen LogP contribution is -2.07. The Bertz CT molecular complexity index is 85.4. The number of alkyl halides is 2. The van der Waals surface area contributed by atoms with Crippen LogP contribution in [0.3, 0.4) is 0 Å². The van der Waals surface area contributed by atoms with Crippen LogP contribution in [0.1, 0.15) is 0 Å². The number of rotatable bonds is 2.